The molecule has 0 aliphatic carbocycles. The lowest BCUT2D eigenvalue weighted by Crippen LogP contribution is -2.30. The Kier molecular flexibility index (Phi) is 4.81. The molecule has 5 nitrogen and oxygen atoms in total. The van der Waals surface area contributed by atoms with E-state index in [9.17, 15) is 9.59 Å². The van der Waals surface area contributed by atoms with Gasteiger partial charge in [-0.05, 0) is 19.8 Å². The van der Waals surface area contributed by atoms with Crippen LogP contribution in [0, 0.1) is 6.92 Å². The molecule has 0 bridgehead atoms. The third-order valence-corrected chi connectivity index (χ3v) is 5.43. The first-order valence-electron chi connectivity index (χ1n) is 6.18. The van der Waals surface area contributed by atoms with Crippen LogP contribution in [0.2, 0.25) is 0 Å². The summed E-state index contributed by atoms with van der Waals surface area (Å²) in [6.45, 7) is 2.56. The van der Waals surface area contributed by atoms with Gasteiger partial charge in [0.15, 0.2) is 4.34 Å². The van der Waals surface area contributed by atoms with Gasteiger partial charge in [0.05, 0.1) is 17.4 Å². The molecular formula is C12H16N2O3S2. The highest BCUT2D eigenvalue weighted by atomic mass is 32.2. The lowest BCUT2D eigenvalue weighted by atomic mass is 10.2. The Balaban J connectivity index is 2.05. The minimum Gasteiger partial charge on any atom is -0.481 e. The van der Waals surface area contributed by atoms with E-state index in [4.69, 9.17) is 5.11 Å². The van der Waals surface area contributed by atoms with E-state index in [2.05, 4.69) is 10.3 Å². The number of aryl methyl sites for hydroxylation is 1. The average Bonchev–Trinajstić information content (AvgIpc) is 2.54. The molecule has 1 aromatic rings. The number of hydrogen-bond acceptors (Lipinski definition) is 5. The van der Waals surface area contributed by atoms with Crippen LogP contribution in [0.1, 0.15) is 29.8 Å². The number of amides is 1. The molecular weight excluding hydrogens is 284 g/mol. The molecule has 7 heteroatoms. The van der Waals surface area contributed by atoms with Crippen molar-refractivity contribution in [3.8, 4) is 0 Å². The van der Waals surface area contributed by atoms with E-state index in [0.717, 1.165) is 40.7 Å². The van der Waals surface area contributed by atoms with E-state index in [-0.39, 0.29) is 17.6 Å². The molecule has 2 N–H and O–H groups in total. The highest BCUT2D eigenvalue weighted by molar-refractivity contribution is 8.02. The Bertz CT molecular complexity index is 487. The fourth-order valence-corrected chi connectivity index (χ4v) is 4.43. The van der Waals surface area contributed by atoms with E-state index >= 15 is 0 Å². The van der Waals surface area contributed by atoms with Crippen molar-refractivity contribution in [3.63, 3.8) is 0 Å². The first kappa shape index (κ1) is 14.3. The summed E-state index contributed by atoms with van der Waals surface area (Å²) < 4.78 is 0.788. The maximum absolute atomic E-state index is 11.8. The molecule has 1 amide bonds. The summed E-state index contributed by atoms with van der Waals surface area (Å²) in [5.74, 6) is -0.786. The summed E-state index contributed by atoms with van der Waals surface area (Å²) in [7, 11) is 0. The van der Waals surface area contributed by atoms with Crippen molar-refractivity contribution >= 4 is 35.0 Å². The third-order valence-electron chi connectivity index (χ3n) is 2.91. The van der Waals surface area contributed by atoms with Gasteiger partial charge in [-0.2, -0.15) is 0 Å². The van der Waals surface area contributed by atoms with E-state index in [1.54, 1.807) is 0 Å². The molecule has 1 saturated heterocycles. The van der Waals surface area contributed by atoms with Crippen LogP contribution in [-0.4, -0.2) is 33.8 Å². The number of nitrogens with one attached hydrogen (secondary N) is 1. The standard InChI is InChI=1S/C12H16N2O3S2/c1-7-9(6-10(15)16)19-12(14-7)18-8-4-2-3-5-13-11(8)17/h8H,2-6H2,1H3,(H,13,17)(H,15,16). The Morgan fingerprint density at radius 1 is 1.58 bits per heavy atom. The van der Waals surface area contributed by atoms with Gasteiger partial charge in [-0.1, -0.05) is 18.2 Å². The summed E-state index contributed by atoms with van der Waals surface area (Å²) in [6.07, 6.45) is 2.90. The topological polar surface area (TPSA) is 79.3 Å². The summed E-state index contributed by atoms with van der Waals surface area (Å²) in [5, 5.41) is 11.6. The van der Waals surface area contributed by atoms with Crippen molar-refractivity contribution in [3.05, 3.63) is 10.6 Å². The molecule has 2 heterocycles. The van der Waals surface area contributed by atoms with Crippen molar-refractivity contribution in [2.45, 2.75) is 42.2 Å². The monoisotopic (exact) mass is 300 g/mol. The maximum atomic E-state index is 11.8. The lowest BCUT2D eigenvalue weighted by Gasteiger charge is -2.09. The maximum Gasteiger partial charge on any atom is 0.308 e. The Morgan fingerprint density at radius 3 is 3.11 bits per heavy atom. The quantitative estimate of drug-likeness (QED) is 0.887. The minimum absolute atomic E-state index is 0.000916. The molecule has 1 aliphatic heterocycles. The smallest absolute Gasteiger partial charge is 0.308 e. The highest BCUT2D eigenvalue weighted by Crippen LogP contribution is 2.33. The average molecular weight is 300 g/mol. The van der Waals surface area contributed by atoms with Gasteiger partial charge >= 0.3 is 5.97 Å². The van der Waals surface area contributed by atoms with Gasteiger partial charge in [0.25, 0.3) is 0 Å². The number of nitrogens with zero attached hydrogens (tertiary/aromatic N) is 1. The normalized spacial score (nSPS) is 19.8. The number of carbonyl (C=O) groups is 2. The number of hydrogen-bond donors (Lipinski definition) is 2. The number of thioether (sulfide) groups is 1. The molecule has 2 rings (SSSR count). The largest absolute Gasteiger partial charge is 0.481 e. The molecule has 1 aromatic heterocycles. The zero-order valence-electron chi connectivity index (χ0n) is 10.6. The molecule has 1 fully saturated rings. The summed E-state index contributed by atoms with van der Waals surface area (Å²) >= 11 is 2.83. The fraction of sp³-hybridized carbons (Fsp3) is 0.583. The van der Waals surface area contributed by atoms with Crippen molar-refractivity contribution in [2.75, 3.05) is 6.54 Å². The van der Waals surface area contributed by atoms with Crippen molar-refractivity contribution in [1.29, 1.82) is 0 Å². The van der Waals surface area contributed by atoms with Crippen LogP contribution in [0.4, 0.5) is 0 Å². The molecule has 0 radical (unpaired) electrons. The Hall–Kier alpha value is -1.08. The number of aliphatic carboxylic acids is 1. The zero-order valence-corrected chi connectivity index (χ0v) is 12.3. The van der Waals surface area contributed by atoms with Crippen LogP contribution < -0.4 is 5.32 Å². The Labute approximate surface area is 119 Å². The van der Waals surface area contributed by atoms with Crippen LogP contribution in [-0.2, 0) is 16.0 Å². The van der Waals surface area contributed by atoms with Gasteiger partial charge < -0.3 is 10.4 Å². The van der Waals surface area contributed by atoms with E-state index in [1.165, 1.54) is 23.1 Å². The van der Waals surface area contributed by atoms with Crippen molar-refractivity contribution in [2.24, 2.45) is 0 Å². The minimum atomic E-state index is -0.851. The van der Waals surface area contributed by atoms with E-state index in [1.807, 2.05) is 6.92 Å². The van der Waals surface area contributed by atoms with E-state index in [0.29, 0.717) is 0 Å². The van der Waals surface area contributed by atoms with Crippen molar-refractivity contribution < 1.29 is 14.7 Å². The number of carboxylic acid groups (broad SMARTS) is 1. The molecule has 1 aliphatic rings. The van der Waals surface area contributed by atoms with Crippen molar-refractivity contribution in [1.82, 2.24) is 10.3 Å². The van der Waals surface area contributed by atoms with Gasteiger partial charge in [0, 0.05) is 11.4 Å². The number of carboxylic acids is 1. The van der Waals surface area contributed by atoms with Crippen LogP contribution in [0.15, 0.2) is 4.34 Å². The van der Waals surface area contributed by atoms with Gasteiger partial charge in [-0.25, -0.2) is 4.98 Å². The molecule has 0 aromatic carbocycles. The summed E-state index contributed by atoms with van der Waals surface area (Å²) in [5.41, 5.74) is 0.754. The number of thiazole rings is 1. The predicted octanol–water partition coefficient (Wildman–Crippen LogP) is 1.84. The second-order valence-electron chi connectivity index (χ2n) is 4.45. The van der Waals surface area contributed by atoms with Gasteiger partial charge in [-0.15, -0.1) is 11.3 Å². The molecule has 1 atom stereocenters. The van der Waals surface area contributed by atoms with E-state index < -0.39 is 5.97 Å². The van der Waals surface area contributed by atoms with Gasteiger partial charge in [-0.3, -0.25) is 9.59 Å². The van der Waals surface area contributed by atoms with Gasteiger partial charge in [0.2, 0.25) is 5.91 Å². The summed E-state index contributed by atoms with van der Waals surface area (Å²) in [4.78, 5) is 27.7. The van der Waals surface area contributed by atoms with Crippen LogP contribution >= 0.6 is 23.1 Å². The van der Waals surface area contributed by atoms with Crippen LogP contribution in [0.3, 0.4) is 0 Å². The fourth-order valence-electron chi connectivity index (χ4n) is 1.90. The predicted molar refractivity (Wildman–Crippen MR) is 74.7 cm³/mol. The summed E-state index contributed by atoms with van der Waals surface area (Å²) in [6, 6.07) is 0. The Morgan fingerprint density at radius 2 is 2.37 bits per heavy atom. The number of aromatic nitrogens is 1. The lowest BCUT2D eigenvalue weighted by molar-refractivity contribution is -0.136. The molecule has 19 heavy (non-hydrogen) atoms. The number of rotatable bonds is 4. The third kappa shape index (κ3) is 3.94. The molecule has 0 spiro atoms. The SMILES string of the molecule is Cc1nc(SC2CCCCNC2=O)sc1CC(=O)O. The molecule has 1 unspecified atom stereocenters. The highest BCUT2D eigenvalue weighted by Gasteiger charge is 2.23. The van der Waals surface area contributed by atoms with Crippen LogP contribution in [0.5, 0.6) is 0 Å². The second kappa shape index (κ2) is 6.38. The molecule has 0 saturated carbocycles. The van der Waals surface area contributed by atoms with Crippen LogP contribution in [0.25, 0.3) is 0 Å². The number of carbonyl (C=O) groups excluding carboxylic acids is 1. The first-order valence-corrected chi connectivity index (χ1v) is 7.88. The first-order chi connectivity index (χ1) is 9.06. The zero-order chi connectivity index (χ0) is 13.8. The molecule has 104 valence electrons. The van der Waals surface area contributed by atoms with Gasteiger partial charge in [0.1, 0.15) is 0 Å². The second-order valence-corrected chi connectivity index (χ2v) is 6.99.